The van der Waals surface area contributed by atoms with Gasteiger partial charge in [0.2, 0.25) is 0 Å². The van der Waals surface area contributed by atoms with Crippen LogP contribution in [0.2, 0.25) is 0 Å². The maximum absolute atomic E-state index is 4.53. The first-order valence-corrected chi connectivity index (χ1v) is 7.17. The molecule has 1 heterocycles. The van der Waals surface area contributed by atoms with Crippen LogP contribution in [0.5, 0.6) is 0 Å². The molecule has 2 rings (SSSR count). The molecule has 1 aromatic rings. The predicted octanol–water partition coefficient (Wildman–Crippen LogP) is 3.07. The number of aryl methyl sites for hydroxylation is 1. The van der Waals surface area contributed by atoms with E-state index >= 15 is 0 Å². The minimum atomic E-state index is 0.827. The number of nitrogens with zero attached hydrogens (tertiary/aromatic N) is 2. The fourth-order valence-electron chi connectivity index (χ4n) is 2.48. The van der Waals surface area contributed by atoms with Crippen LogP contribution in [0.1, 0.15) is 45.4 Å². The lowest BCUT2D eigenvalue weighted by Crippen LogP contribution is -2.13. The van der Waals surface area contributed by atoms with E-state index in [1.807, 2.05) is 6.07 Å². The standard InChI is InChI=1S/C14H24N4/c1-3-12-17-13(15-4-2)9-14(18-12)16-10-11-7-5-6-8-11/h9,11H,3-8,10H2,1-2H3,(H2,15,16,17,18). The van der Waals surface area contributed by atoms with E-state index in [2.05, 4.69) is 34.4 Å². The third kappa shape index (κ3) is 3.59. The van der Waals surface area contributed by atoms with Crippen molar-refractivity contribution in [3.8, 4) is 0 Å². The second-order valence-corrected chi connectivity index (χ2v) is 4.97. The number of aromatic nitrogens is 2. The Morgan fingerprint density at radius 3 is 2.39 bits per heavy atom. The van der Waals surface area contributed by atoms with Gasteiger partial charge in [-0.15, -0.1) is 0 Å². The maximum atomic E-state index is 4.53. The summed E-state index contributed by atoms with van der Waals surface area (Å²) in [6.07, 6.45) is 6.37. The van der Waals surface area contributed by atoms with Gasteiger partial charge in [-0.2, -0.15) is 0 Å². The zero-order chi connectivity index (χ0) is 12.8. The first-order chi connectivity index (χ1) is 8.81. The van der Waals surface area contributed by atoms with Gasteiger partial charge in [0.1, 0.15) is 17.5 Å². The molecule has 0 atom stereocenters. The molecule has 1 fully saturated rings. The SMILES string of the molecule is CCNc1cc(NCC2CCCC2)nc(CC)n1. The smallest absolute Gasteiger partial charge is 0.132 e. The van der Waals surface area contributed by atoms with Crippen molar-refractivity contribution in [3.05, 3.63) is 11.9 Å². The van der Waals surface area contributed by atoms with Crippen LogP contribution in [0.25, 0.3) is 0 Å². The highest BCUT2D eigenvalue weighted by Crippen LogP contribution is 2.25. The predicted molar refractivity (Wildman–Crippen MR) is 76.0 cm³/mol. The second-order valence-electron chi connectivity index (χ2n) is 4.97. The normalized spacial score (nSPS) is 15.9. The fourth-order valence-corrected chi connectivity index (χ4v) is 2.48. The Balaban J connectivity index is 1.98. The van der Waals surface area contributed by atoms with Crippen LogP contribution < -0.4 is 10.6 Å². The van der Waals surface area contributed by atoms with Gasteiger partial charge >= 0.3 is 0 Å². The summed E-state index contributed by atoms with van der Waals surface area (Å²) in [5, 5.41) is 6.73. The topological polar surface area (TPSA) is 49.8 Å². The molecule has 1 aliphatic rings. The average molecular weight is 248 g/mol. The largest absolute Gasteiger partial charge is 0.370 e. The number of hydrogen-bond acceptors (Lipinski definition) is 4. The van der Waals surface area contributed by atoms with Gasteiger partial charge in [-0.25, -0.2) is 9.97 Å². The molecular formula is C14H24N4. The third-order valence-corrected chi connectivity index (χ3v) is 3.49. The average Bonchev–Trinajstić information content (AvgIpc) is 2.89. The van der Waals surface area contributed by atoms with Crippen LogP contribution in [-0.2, 0) is 6.42 Å². The lowest BCUT2D eigenvalue weighted by atomic mass is 10.1. The molecule has 4 nitrogen and oxygen atoms in total. The van der Waals surface area contributed by atoms with E-state index in [9.17, 15) is 0 Å². The summed E-state index contributed by atoms with van der Waals surface area (Å²) in [5.41, 5.74) is 0. The quantitative estimate of drug-likeness (QED) is 0.812. The molecule has 1 saturated carbocycles. The molecule has 0 bridgehead atoms. The summed E-state index contributed by atoms with van der Waals surface area (Å²) >= 11 is 0. The monoisotopic (exact) mass is 248 g/mol. The molecule has 0 aromatic carbocycles. The summed E-state index contributed by atoms with van der Waals surface area (Å²) in [5.74, 6) is 3.62. The van der Waals surface area contributed by atoms with Crippen molar-refractivity contribution in [2.24, 2.45) is 5.92 Å². The van der Waals surface area contributed by atoms with E-state index in [0.29, 0.717) is 0 Å². The van der Waals surface area contributed by atoms with Crippen molar-refractivity contribution in [2.45, 2.75) is 46.0 Å². The summed E-state index contributed by atoms with van der Waals surface area (Å²) < 4.78 is 0. The minimum Gasteiger partial charge on any atom is -0.370 e. The first-order valence-electron chi connectivity index (χ1n) is 7.17. The molecule has 0 saturated heterocycles. The summed E-state index contributed by atoms with van der Waals surface area (Å²) in [6, 6.07) is 2.01. The zero-order valence-electron chi connectivity index (χ0n) is 11.5. The van der Waals surface area contributed by atoms with Gasteiger partial charge in [-0.1, -0.05) is 19.8 Å². The van der Waals surface area contributed by atoms with Crippen molar-refractivity contribution >= 4 is 11.6 Å². The summed E-state index contributed by atoms with van der Waals surface area (Å²) in [6.45, 7) is 6.11. The number of hydrogen-bond donors (Lipinski definition) is 2. The lowest BCUT2D eigenvalue weighted by Gasteiger charge is -2.13. The summed E-state index contributed by atoms with van der Waals surface area (Å²) in [7, 11) is 0. The Morgan fingerprint density at radius 1 is 1.11 bits per heavy atom. The van der Waals surface area contributed by atoms with Crippen LogP contribution in [0.4, 0.5) is 11.6 Å². The van der Waals surface area contributed by atoms with Crippen molar-refractivity contribution in [2.75, 3.05) is 23.7 Å². The molecule has 1 aromatic heterocycles. The molecule has 1 aliphatic carbocycles. The van der Waals surface area contributed by atoms with Gasteiger partial charge in [0.15, 0.2) is 0 Å². The molecule has 0 amide bonds. The van der Waals surface area contributed by atoms with Gasteiger partial charge in [-0.3, -0.25) is 0 Å². The number of rotatable bonds is 6. The van der Waals surface area contributed by atoms with E-state index in [1.165, 1.54) is 25.7 Å². The van der Waals surface area contributed by atoms with Crippen molar-refractivity contribution in [1.82, 2.24) is 9.97 Å². The van der Waals surface area contributed by atoms with Gasteiger partial charge in [-0.05, 0) is 25.7 Å². The van der Waals surface area contributed by atoms with E-state index in [4.69, 9.17) is 0 Å². The zero-order valence-corrected chi connectivity index (χ0v) is 11.5. The molecule has 100 valence electrons. The van der Waals surface area contributed by atoms with E-state index < -0.39 is 0 Å². The molecule has 0 spiro atoms. The highest BCUT2D eigenvalue weighted by atomic mass is 15.1. The Kier molecular flexibility index (Phi) is 4.79. The van der Waals surface area contributed by atoms with Crippen LogP contribution in [0, 0.1) is 5.92 Å². The first kappa shape index (κ1) is 13.1. The Morgan fingerprint density at radius 2 is 1.78 bits per heavy atom. The van der Waals surface area contributed by atoms with Crippen molar-refractivity contribution < 1.29 is 0 Å². The molecule has 0 radical (unpaired) electrons. The maximum Gasteiger partial charge on any atom is 0.132 e. The fraction of sp³-hybridized carbons (Fsp3) is 0.714. The van der Waals surface area contributed by atoms with Gasteiger partial charge in [0.25, 0.3) is 0 Å². The summed E-state index contributed by atoms with van der Waals surface area (Å²) in [4.78, 5) is 8.99. The Bertz CT molecular complexity index is 372. The number of anilines is 2. The van der Waals surface area contributed by atoms with Crippen LogP contribution in [0.3, 0.4) is 0 Å². The van der Waals surface area contributed by atoms with Crippen LogP contribution >= 0.6 is 0 Å². The van der Waals surface area contributed by atoms with E-state index in [1.54, 1.807) is 0 Å². The molecule has 18 heavy (non-hydrogen) atoms. The molecular weight excluding hydrogens is 224 g/mol. The lowest BCUT2D eigenvalue weighted by molar-refractivity contribution is 0.578. The van der Waals surface area contributed by atoms with Gasteiger partial charge in [0, 0.05) is 25.6 Å². The molecule has 0 aliphatic heterocycles. The van der Waals surface area contributed by atoms with Crippen molar-refractivity contribution in [1.29, 1.82) is 0 Å². The second kappa shape index (κ2) is 6.57. The highest BCUT2D eigenvalue weighted by molar-refractivity contribution is 5.47. The van der Waals surface area contributed by atoms with E-state index in [-0.39, 0.29) is 0 Å². The van der Waals surface area contributed by atoms with Crippen LogP contribution in [-0.4, -0.2) is 23.1 Å². The van der Waals surface area contributed by atoms with Crippen LogP contribution in [0.15, 0.2) is 6.07 Å². The molecule has 0 unspecified atom stereocenters. The van der Waals surface area contributed by atoms with Gasteiger partial charge < -0.3 is 10.6 Å². The highest BCUT2D eigenvalue weighted by Gasteiger charge is 2.14. The van der Waals surface area contributed by atoms with Gasteiger partial charge in [0.05, 0.1) is 0 Å². The van der Waals surface area contributed by atoms with E-state index in [0.717, 1.165) is 42.9 Å². The molecule has 4 heteroatoms. The minimum absolute atomic E-state index is 0.827. The van der Waals surface area contributed by atoms with Crippen molar-refractivity contribution in [3.63, 3.8) is 0 Å². The third-order valence-electron chi connectivity index (χ3n) is 3.49. The number of nitrogens with one attached hydrogen (secondary N) is 2. The Labute approximate surface area is 110 Å². The molecule has 2 N–H and O–H groups in total. The Hall–Kier alpha value is -1.32.